The van der Waals surface area contributed by atoms with Crippen LogP contribution >= 0.6 is 0 Å². The second kappa shape index (κ2) is 7.20. The van der Waals surface area contributed by atoms with Crippen molar-refractivity contribution in [3.05, 3.63) is 24.0 Å². The molecule has 25 heavy (non-hydrogen) atoms. The van der Waals surface area contributed by atoms with Crippen molar-refractivity contribution in [2.75, 3.05) is 39.9 Å². The van der Waals surface area contributed by atoms with Crippen LogP contribution in [-0.2, 0) is 9.53 Å². The molecule has 0 N–H and O–H groups in total. The minimum atomic E-state index is -0.392. The summed E-state index contributed by atoms with van der Waals surface area (Å²) in [4.78, 5) is 29.8. The Morgan fingerprint density at radius 1 is 1.32 bits per heavy atom. The lowest BCUT2D eigenvalue weighted by molar-refractivity contribution is -0.146. The van der Waals surface area contributed by atoms with E-state index in [1.807, 2.05) is 32.7 Å². The molecule has 0 radical (unpaired) electrons. The second-order valence-corrected chi connectivity index (χ2v) is 7.54. The molecule has 1 aromatic heterocycles. The van der Waals surface area contributed by atoms with E-state index in [2.05, 4.69) is 13.8 Å². The quantitative estimate of drug-likeness (QED) is 0.820. The van der Waals surface area contributed by atoms with E-state index in [4.69, 9.17) is 4.74 Å². The summed E-state index contributed by atoms with van der Waals surface area (Å²) in [5.41, 5.74) is 0.322. The fourth-order valence-corrected chi connectivity index (χ4v) is 4.18. The Balaban J connectivity index is 1.73. The molecule has 138 valence electrons. The van der Waals surface area contributed by atoms with Gasteiger partial charge in [-0.25, -0.2) is 0 Å². The molecule has 1 atom stereocenters. The first-order valence-corrected chi connectivity index (χ1v) is 9.23. The summed E-state index contributed by atoms with van der Waals surface area (Å²) in [5.74, 6) is 0.239. The third kappa shape index (κ3) is 3.32. The van der Waals surface area contributed by atoms with Crippen LogP contribution in [-0.4, -0.2) is 66.1 Å². The molecule has 6 nitrogen and oxygen atoms in total. The molecule has 0 saturated carbocycles. The average Bonchev–Trinajstić information content (AvgIpc) is 3.24. The number of ether oxygens (including phenoxy) is 1. The van der Waals surface area contributed by atoms with Gasteiger partial charge >= 0.3 is 0 Å². The molecule has 0 aliphatic carbocycles. The van der Waals surface area contributed by atoms with Crippen LogP contribution in [0.4, 0.5) is 0 Å². The Bertz CT molecular complexity index is 640. The maximum absolute atomic E-state index is 13.0. The lowest BCUT2D eigenvalue weighted by atomic mass is 9.78. The summed E-state index contributed by atoms with van der Waals surface area (Å²) in [6.45, 7) is 7.34. The van der Waals surface area contributed by atoms with E-state index in [-0.39, 0.29) is 17.9 Å². The highest BCUT2D eigenvalue weighted by molar-refractivity contribution is 5.94. The lowest BCUT2D eigenvalue weighted by Crippen LogP contribution is -2.51. The predicted octanol–water partition coefficient (Wildman–Crippen LogP) is 2.17. The number of amides is 2. The van der Waals surface area contributed by atoms with Crippen molar-refractivity contribution < 1.29 is 14.3 Å². The Hall–Kier alpha value is -1.82. The van der Waals surface area contributed by atoms with Crippen molar-refractivity contribution in [3.63, 3.8) is 0 Å². The number of hydrogen-bond donors (Lipinski definition) is 0. The lowest BCUT2D eigenvalue weighted by Gasteiger charge is -2.39. The summed E-state index contributed by atoms with van der Waals surface area (Å²) in [5, 5.41) is 0. The molecule has 2 fully saturated rings. The molecule has 6 heteroatoms. The number of rotatable bonds is 5. The largest absolute Gasteiger partial charge is 0.383 e. The smallest absolute Gasteiger partial charge is 0.270 e. The van der Waals surface area contributed by atoms with Gasteiger partial charge < -0.3 is 19.1 Å². The first-order valence-electron chi connectivity index (χ1n) is 9.23. The van der Waals surface area contributed by atoms with Crippen molar-refractivity contribution >= 4 is 11.8 Å². The van der Waals surface area contributed by atoms with Gasteiger partial charge in [-0.1, -0.05) is 0 Å². The van der Waals surface area contributed by atoms with E-state index < -0.39 is 5.41 Å². The molecular formula is C19H29N3O3. The van der Waals surface area contributed by atoms with Crippen molar-refractivity contribution in [1.29, 1.82) is 0 Å². The molecule has 1 spiro atoms. The van der Waals surface area contributed by atoms with Crippen molar-refractivity contribution in [2.45, 2.75) is 39.2 Å². The molecule has 3 rings (SSSR count). The average molecular weight is 347 g/mol. The summed E-state index contributed by atoms with van der Waals surface area (Å²) in [6.07, 6.45) is 4.59. The molecule has 0 aromatic carbocycles. The number of aromatic nitrogens is 1. The fraction of sp³-hybridized carbons (Fsp3) is 0.684. The van der Waals surface area contributed by atoms with Crippen LogP contribution in [0.5, 0.6) is 0 Å². The third-order valence-corrected chi connectivity index (χ3v) is 5.58. The number of carbonyl (C=O) groups excluding carboxylic acids is 2. The van der Waals surface area contributed by atoms with Gasteiger partial charge in [0, 0.05) is 45.5 Å². The minimum absolute atomic E-state index is 0.0392. The molecule has 2 amide bonds. The number of likely N-dealkylation sites (tertiary alicyclic amines) is 2. The van der Waals surface area contributed by atoms with Gasteiger partial charge in [-0.3, -0.25) is 9.59 Å². The van der Waals surface area contributed by atoms with Crippen molar-refractivity contribution in [1.82, 2.24) is 14.4 Å². The van der Waals surface area contributed by atoms with E-state index in [1.54, 1.807) is 7.11 Å². The number of carbonyl (C=O) groups is 2. The van der Waals surface area contributed by atoms with Crippen molar-refractivity contribution in [2.24, 2.45) is 5.41 Å². The second-order valence-electron chi connectivity index (χ2n) is 7.54. The van der Waals surface area contributed by atoms with Gasteiger partial charge in [0.2, 0.25) is 5.91 Å². The molecule has 0 bridgehead atoms. The number of nitrogens with zero attached hydrogens (tertiary/aromatic N) is 3. The third-order valence-electron chi connectivity index (χ3n) is 5.58. The highest BCUT2D eigenvalue weighted by Crippen LogP contribution is 2.40. The Morgan fingerprint density at radius 2 is 2.12 bits per heavy atom. The van der Waals surface area contributed by atoms with E-state index in [9.17, 15) is 9.59 Å². The van der Waals surface area contributed by atoms with Crippen molar-refractivity contribution in [3.8, 4) is 0 Å². The minimum Gasteiger partial charge on any atom is -0.383 e. The molecule has 1 aromatic rings. The van der Waals surface area contributed by atoms with Gasteiger partial charge in [-0.2, -0.15) is 0 Å². The van der Waals surface area contributed by atoms with Crippen LogP contribution in [0.25, 0.3) is 0 Å². The maximum Gasteiger partial charge on any atom is 0.270 e. The molecule has 2 aliphatic heterocycles. The molecular weight excluding hydrogens is 318 g/mol. The van der Waals surface area contributed by atoms with Gasteiger partial charge in [0.25, 0.3) is 5.91 Å². The highest BCUT2D eigenvalue weighted by atomic mass is 16.5. The number of piperidine rings is 1. The first-order chi connectivity index (χ1) is 12.0. The Labute approximate surface area is 149 Å². The Morgan fingerprint density at radius 3 is 2.84 bits per heavy atom. The van der Waals surface area contributed by atoms with Crippen LogP contribution in [0.1, 0.15) is 49.6 Å². The van der Waals surface area contributed by atoms with Crippen LogP contribution in [0, 0.1) is 5.41 Å². The molecule has 2 saturated heterocycles. The van der Waals surface area contributed by atoms with E-state index in [1.165, 1.54) is 0 Å². The molecule has 2 aliphatic rings. The van der Waals surface area contributed by atoms with Gasteiger partial charge in [0.15, 0.2) is 0 Å². The van der Waals surface area contributed by atoms with Gasteiger partial charge in [0.1, 0.15) is 5.69 Å². The van der Waals surface area contributed by atoms with Gasteiger partial charge in [-0.15, -0.1) is 0 Å². The standard InChI is InChI=1S/C19H29N3O3/c1-15(2)22-10-4-6-16(22)17(23)21-11-8-19(14-21)7-5-9-20(18(19)24)12-13-25-3/h4,6,10,15H,5,7-9,11-14H2,1-3H3/t19-/m1/s1. The van der Waals surface area contributed by atoms with Gasteiger partial charge in [-0.05, 0) is 45.2 Å². The summed E-state index contributed by atoms with van der Waals surface area (Å²) in [6, 6.07) is 4.03. The highest BCUT2D eigenvalue weighted by Gasteiger charge is 2.49. The zero-order valence-corrected chi connectivity index (χ0v) is 15.5. The van der Waals surface area contributed by atoms with Crippen LogP contribution in [0.3, 0.4) is 0 Å². The summed E-state index contributed by atoms with van der Waals surface area (Å²) < 4.78 is 7.13. The molecule has 3 heterocycles. The monoisotopic (exact) mass is 347 g/mol. The number of hydrogen-bond acceptors (Lipinski definition) is 3. The van der Waals surface area contributed by atoms with E-state index in [0.29, 0.717) is 31.9 Å². The SMILES string of the molecule is COCCN1CCC[C@]2(CCN(C(=O)c3cccn3C(C)C)C2)C1=O. The summed E-state index contributed by atoms with van der Waals surface area (Å²) in [7, 11) is 1.66. The summed E-state index contributed by atoms with van der Waals surface area (Å²) >= 11 is 0. The van der Waals surface area contributed by atoms with E-state index >= 15 is 0 Å². The predicted molar refractivity (Wildman–Crippen MR) is 95.5 cm³/mol. The van der Waals surface area contributed by atoms with Crippen LogP contribution in [0.15, 0.2) is 18.3 Å². The zero-order valence-electron chi connectivity index (χ0n) is 15.5. The van der Waals surface area contributed by atoms with Crippen LogP contribution < -0.4 is 0 Å². The van der Waals surface area contributed by atoms with Crippen LogP contribution in [0.2, 0.25) is 0 Å². The maximum atomic E-state index is 13.0. The first kappa shape index (κ1) is 18.0. The van der Waals surface area contributed by atoms with Gasteiger partial charge in [0.05, 0.1) is 12.0 Å². The van der Waals surface area contributed by atoms with E-state index in [0.717, 1.165) is 25.8 Å². The number of methoxy groups -OCH3 is 1. The normalized spacial score (nSPS) is 23.9. The zero-order chi connectivity index (χ0) is 18.0. The Kier molecular flexibility index (Phi) is 5.18. The topological polar surface area (TPSA) is 54.8 Å². The fourth-order valence-electron chi connectivity index (χ4n) is 4.18. The molecule has 0 unspecified atom stereocenters.